The smallest absolute Gasteiger partial charge is 0.312 e. The molecule has 0 spiro atoms. The first-order valence-electron chi connectivity index (χ1n) is 9.44. The van der Waals surface area contributed by atoms with Gasteiger partial charge in [0.25, 0.3) is 5.91 Å². The average Bonchev–Trinajstić information content (AvgIpc) is 3.31. The molecule has 2 aliphatic rings. The minimum atomic E-state index is -0.867. The van der Waals surface area contributed by atoms with Gasteiger partial charge in [-0.1, -0.05) is 25.0 Å². The molecule has 1 aliphatic carbocycles. The molecule has 1 aliphatic heterocycles. The first-order valence-corrected chi connectivity index (χ1v) is 9.44. The number of nitrogens with zero attached hydrogens (tertiary/aromatic N) is 1. The van der Waals surface area contributed by atoms with Gasteiger partial charge in [0, 0.05) is 19.0 Å². The maximum absolute atomic E-state index is 12.5. The number of benzene rings is 1. The third-order valence-electron chi connectivity index (χ3n) is 5.20. The summed E-state index contributed by atoms with van der Waals surface area (Å²) in [5.41, 5.74) is 0.632. The van der Waals surface area contributed by atoms with Crippen molar-refractivity contribution in [3.05, 3.63) is 24.3 Å². The highest BCUT2D eigenvalue weighted by Gasteiger charge is 2.38. The predicted octanol–water partition coefficient (Wildman–Crippen LogP) is 2.04. The SMILES string of the molecule is COc1ccccc1N1C[C@@H](C(=O)O[C@@H](C)C(=O)NC2CCCC2)CC1=O. The Morgan fingerprint density at radius 2 is 1.93 bits per heavy atom. The zero-order valence-corrected chi connectivity index (χ0v) is 15.8. The van der Waals surface area contributed by atoms with E-state index >= 15 is 0 Å². The van der Waals surface area contributed by atoms with Crippen molar-refractivity contribution in [2.45, 2.75) is 51.2 Å². The van der Waals surface area contributed by atoms with Gasteiger partial charge in [-0.3, -0.25) is 14.4 Å². The van der Waals surface area contributed by atoms with Crippen LogP contribution in [0.15, 0.2) is 24.3 Å². The largest absolute Gasteiger partial charge is 0.495 e. The van der Waals surface area contributed by atoms with E-state index in [4.69, 9.17) is 9.47 Å². The molecule has 0 radical (unpaired) electrons. The second kappa shape index (κ2) is 8.41. The molecule has 1 saturated carbocycles. The Bertz CT molecular complexity index is 714. The zero-order valence-electron chi connectivity index (χ0n) is 15.8. The van der Waals surface area contributed by atoms with Crippen LogP contribution >= 0.6 is 0 Å². The number of ether oxygens (including phenoxy) is 2. The number of esters is 1. The summed E-state index contributed by atoms with van der Waals surface area (Å²) >= 11 is 0. The second-order valence-electron chi connectivity index (χ2n) is 7.15. The lowest BCUT2D eigenvalue weighted by molar-refractivity contribution is -0.158. The second-order valence-corrected chi connectivity index (χ2v) is 7.15. The van der Waals surface area contributed by atoms with Gasteiger partial charge in [-0.25, -0.2) is 0 Å². The molecule has 2 atom stereocenters. The Morgan fingerprint density at radius 1 is 1.22 bits per heavy atom. The van der Waals surface area contributed by atoms with Gasteiger partial charge < -0.3 is 19.7 Å². The van der Waals surface area contributed by atoms with E-state index in [0.29, 0.717) is 11.4 Å². The predicted molar refractivity (Wildman–Crippen MR) is 99.4 cm³/mol. The summed E-state index contributed by atoms with van der Waals surface area (Å²) in [5.74, 6) is -0.978. The van der Waals surface area contributed by atoms with Crippen LogP contribution in [0.5, 0.6) is 5.75 Å². The van der Waals surface area contributed by atoms with Crippen LogP contribution in [0.3, 0.4) is 0 Å². The van der Waals surface area contributed by atoms with Crippen molar-refractivity contribution in [3.63, 3.8) is 0 Å². The number of rotatable bonds is 6. The fourth-order valence-corrected chi connectivity index (χ4v) is 3.66. The summed E-state index contributed by atoms with van der Waals surface area (Å²) in [6.45, 7) is 1.78. The van der Waals surface area contributed by atoms with E-state index in [1.165, 1.54) is 12.0 Å². The summed E-state index contributed by atoms with van der Waals surface area (Å²) in [7, 11) is 1.54. The third kappa shape index (κ3) is 4.40. The monoisotopic (exact) mass is 374 g/mol. The lowest BCUT2D eigenvalue weighted by Gasteiger charge is -2.20. The van der Waals surface area contributed by atoms with E-state index in [2.05, 4.69) is 5.32 Å². The molecular formula is C20H26N2O5. The summed E-state index contributed by atoms with van der Waals surface area (Å²) < 4.78 is 10.6. The summed E-state index contributed by atoms with van der Waals surface area (Å²) in [6, 6.07) is 7.35. The van der Waals surface area contributed by atoms with Gasteiger partial charge in [0.05, 0.1) is 18.7 Å². The van der Waals surface area contributed by atoms with Gasteiger partial charge in [-0.2, -0.15) is 0 Å². The minimum Gasteiger partial charge on any atom is -0.495 e. The topological polar surface area (TPSA) is 84.9 Å². The van der Waals surface area contributed by atoms with Crippen LogP contribution in [0, 0.1) is 5.92 Å². The van der Waals surface area contributed by atoms with Gasteiger partial charge in [0.1, 0.15) is 5.75 Å². The van der Waals surface area contributed by atoms with E-state index in [1.54, 1.807) is 19.1 Å². The molecule has 146 valence electrons. The third-order valence-corrected chi connectivity index (χ3v) is 5.20. The Balaban J connectivity index is 1.57. The van der Waals surface area contributed by atoms with Gasteiger partial charge in [-0.05, 0) is 31.9 Å². The standard InChI is InChI=1S/C20H26N2O5/c1-13(19(24)21-15-7-3-4-8-15)27-20(25)14-11-18(23)22(12-14)16-9-5-6-10-17(16)26-2/h5-6,9-10,13-15H,3-4,7-8,11-12H2,1-2H3,(H,21,24)/t13-,14-/m0/s1. The molecule has 7 nitrogen and oxygen atoms in total. The van der Waals surface area contributed by atoms with Crippen molar-refractivity contribution in [1.82, 2.24) is 5.32 Å². The van der Waals surface area contributed by atoms with Crippen LogP contribution in [-0.4, -0.2) is 43.6 Å². The molecule has 2 fully saturated rings. The van der Waals surface area contributed by atoms with Crippen LogP contribution in [0.1, 0.15) is 39.0 Å². The number of carbonyl (C=O) groups is 3. The quantitative estimate of drug-likeness (QED) is 0.770. The molecule has 7 heteroatoms. The van der Waals surface area contributed by atoms with Crippen LogP contribution in [-0.2, 0) is 19.1 Å². The zero-order chi connectivity index (χ0) is 19.4. The highest BCUT2D eigenvalue weighted by atomic mass is 16.5. The van der Waals surface area contributed by atoms with Gasteiger partial charge in [0.15, 0.2) is 6.10 Å². The van der Waals surface area contributed by atoms with E-state index in [0.717, 1.165) is 25.7 Å². The fourth-order valence-electron chi connectivity index (χ4n) is 3.66. The van der Waals surface area contributed by atoms with Crippen molar-refractivity contribution < 1.29 is 23.9 Å². The average molecular weight is 374 g/mol. The van der Waals surface area contributed by atoms with Crippen LogP contribution in [0.2, 0.25) is 0 Å². The number of hydrogen-bond acceptors (Lipinski definition) is 5. The Hall–Kier alpha value is -2.57. The number of anilines is 1. The van der Waals surface area contributed by atoms with Crippen LogP contribution < -0.4 is 15.0 Å². The lowest BCUT2D eigenvalue weighted by Crippen LogP contribution is -2.41. The van der Waals surface area contributed by atoms with Crippen molar-refractivity contribution in [1.29, 1.82) is 0 Å². The highest BCUT2D eigenvalue weighted by molar-refractivity contribution is 6.00. The van der Waals surface area contributed by atoms with E-state index in [-0.39, 0.29) is 30.8 Å². The number of carbonyl (C=O) groups excluding carboxylic acids is 3. The van der Waals surface area contributed by atoms with Crippen molar-refractivity contribution in [2.24, 2.45) is 5.92 Å². The number of nitrogens with one attached hydrogen (secondary N) is 1. The molecule has 2 amide bonds. The first-order chi connectivity index (χ1) is 13.0. The Morgan fingerprint density at radius 3 is 2.63 bits per heavy atom. The summed E-state index contributed by atoms with van der Waals surface area (Å²) in [5, 5.41) is 2.92. The number of methoxy groups -OCH3 is 1. The lowest BCUT2D eigenvalue weighted by atomic mass is 10.1. The molecule has 1 heterocycles. The van der Waals surface area contributed by atoms with E-state index in [1.807, 2.05) is 12.1 Å². The Kier molecular flexibility index (Phi) is 5.98. The van der Waals surface area contributed by atoms with Gasteiger partial charge >= 0.3 is 5.97 Å². The highest BCUT2D eigenvalue weighted by Crippen LogP contribution is 2.33. The maximum Gasteiger partial charge on any atom is 0.312 e. The van der Waals surface area contributed by atoms with E-state index < -0.39 is 18.0 Å². The molecule has 1 saturated heterocycles. The molecular weight excluding hydrogens is 348 g/mol. The minimum absolute atomic E-state index is 0.0633. The van der Waals surface area contributed by atoms with Gasteiger partial charge in [0.2, 0.25) is 5.91 Å². The molecule has 1 aromatic rings. The first kappa shape index (κ1) is 19.2. The molecule has 27 heavy (non-hydrogen) atoms. The summed E-state index contributed by atoms with van der Waals surface area (Å²) in [4.78, 5) is 38.6. The van der Waals surface area contributed by atoms with E-state index in [9.17, 15) is 14.4 Å². The van der Waals surface area contributed by atoms with Crippen LogP contribution in [0.25, 0.3) is 0 Å². The summed E-state index contributed by atoms with van der Waals surface area (Å²) in [6.07, 6.45) is 3.36. The molecule has 0 bridgehead atoms. The molecule has 1 aromatic carbocycles. The maximum atomic E-state index is 12.5. The Labute approximate surface area is 159 Å². The molecule has 0 aromatic heterocycles. The van der Waals surface area contributed by atoms with Gasteiger partial charge in [-0.15, -0.1) is 0 Å². The van der Waals surface area contributed by atoms with Crippen molar-refractivity contribution in [2.75, 3.05) is 18.6 Å². The normalized spacial score (nSPS) is 21.2. The molecule has 1 N–H and O–H groups in total. The number of hydrogen-bond donors (Lipinski definition) is 1. The number of amides is 2. The fraction of sp³-hybridized carbons (Fsp3) is 0.550. The van der Waals surface area contributed by atoms with Crippen molar-refractivity contribution in [3.8, 4) is 5.75 Å². The molecule has 3 rings (SSSR count). The van der Waals surface area contributed by atoms with Crippen molar-refractivity contribution >= 4 is 23.5 Å². The number of para-hydroxylation sites is 2. The van der Waals surface area contributed by atoms with Crippen LogP contribution in [0.4, 0.5) is 5.69 Å². The molecule has 0 unspecified atom stereocenters.